The molecule has 0 bridgehead atoms. The number of rotatable bonds is 1. The highest BCUT2D eigenvalue weighted by atomic mass is 16.7. The van der Waals surface area contributed by atoms with Crippen LogP contribution >= 0.6 is 0 Å². The minimum atomic E-state index is -0.305. The fourth-order valence-corrected chi connectivity index (χ4v) is 2.41. The Labute approximate surface area is 109 Å². The van der Waals surface area contributed by atoms with E-state index in [4.69, 9.17) is 14.0 Å². The van der Waals surface area contributed by atoms with Gasteiger partial charge in [0, 0.05) is 25.0 Å². The van der Waals surface area contributed by atoms with Crippen molar-refractivity contribution in [1.29, 1.82) is 0 Å². The Morgan fingerprint density at radius 1 is 1.17 bits per heavy atom. The topological polar surface area (TPSA) is 43.0 Å². The maximum Gasteiger partial charge on any atom is 0.497 e. The van der Waals surface area contributed by atoms with Gasteiger partial charge in [0.05, 0.1) is 17.8 Å². The molecule has 2 saturated heterocycles. The molecule has 2 fully saturated rings. The van der Waals surface area contributed by atoms with Gasteiger partial charge in [-0.05, 0) is 27.7 Å². The van der Waals surface area contributed by atoms with Gasteiger partial charge in [-0.15, -0.1) is 0 Å². The smallest absolute Gasteiger partial charge is 0.479 e. The largest absolute Gasteiger partial charge is 0.497 e. The SMILES string of the molecule is CC1(C)OB(C2=C3OCCCN3NC2)OC1(C)C. The molecular formula is C12H21BN2O3. The van der Waals surface area contributed by atoms with Gasteiger partial charge in [-0.3, -0.25) is 5.01 Å². The highest BCUT2D eigenvalue weighted by Crippen LogP contribution is 2.40. The van der Waals surface area contributed by atoms with E-state index in [0.717, 1.165) is 37.5 Å². The molecule has 0 spiro atoms. The number of hydrazine groups is 1. The van der Waals surface area contributed by atoms with Crippen LogP contribution in [0.3, 0.4) is 0 Å². The van der Waals surface area contributed by atoms with Gasteiger partial charge in [-0.2, -0.15) is 0 Å². The molecule has 3 heterocycles. The number of ether oxygens (including phenoxy) is 1. The zero-order valence-corrected chi connectivity index (χ0v) is 11.6. The van der Waals surface area contributed by atoms with Crippen LogP contribution in [0.4, 0.5) is 0 Å². The molecule has 3 aliphatic rings. The van der Waals surface area contributed by atoms with Gasteiger partial charge in [0.2, 0.25) is 5.88 Å². The highest BCUT2D eigenvalue weighted by molar-refractivity contribution is 6.55. The van der Waals surface area contributed by atoms with Crippen LogP contribution in [0.25, 0.3) is 0 Å². The average Bonchev–Trinajstić information content (AvgIpc) is 2.78. The third-order valence-corrected chi connectivity index (χ3v) is 4.28. The lowest BCUT2D eigenvalue weighted by molar-refractivity contribution is 0.00578. The normalized spacial score (nSPS) is 29.6. The van der Waals surface area contributed by atoms with Crippen LogP contribution < -0.4 is 5.43 Å². The Balaban J connectivity index is 1.85. The summed E-state index contributed by atoms with van der Waals surface area (Å²) in [5.41, 5.74) is 3.80. The van der Waals surface area contributed by atoms with Crippen molar-refractivity contribution >= 4 is 7.12 Å². The van der Waals surface area contributed by atoms with Crippen molar-refractivity contribution in [1.82, 2.24) is 10.4 Å². The number of nitrogens with one attached hydrogen (secondary N) is 1. The molecule has 6 heteroatoms. The van der Waals surface area contributed by atoms with E-state index >= 15 is 0 Å². The zero-order chi connectivity index (χ0) is 13.0. The van der Waals surface area contributed by atoms with Crippen molar-refractivity contribution in [3.05, 3.63) is 11.4 Å². The van der Waals surface area contributed by atoms with Crippen molar-refractivity contribution in [2.24, 2.45) is 0 Å². The predicted molar refractivity (Wildman–Crippen MR) is 68.4 cm³/mol. The molecule has 1 N–H and O–H groups in total. The predicted octanol–water partition coefficient (Wildman–Crippen LogP) is 1.07. The molecule has 0 aromatic rings. The van der Waals surface area contributed by atoms with E-state index in [9.17, 15) is 0 Å². The first kappa shape index (κ1) is 12.3. The van der Waals surface area contributed by atoms with Crippen LogP contribution in [0.1, 0.15) is 34.1 Å². The molecule has 100 valence electrons. The summed E-state index contributed by atoms with van der Waals surface area (Å²) >= 11 is 0. The summed E-state index contributed by atoms with van der Waals surface area (Å²) in [5, 5.41) is 2.06. The Bertz CT molecular complexity index is 379. The van der Waals surface area contributed by atoms with Gasteiger partial charge in [0.15, 0.2) is 0 Å². The number of hydrogen-bond acceptors (Lipinski definition) is 5. The van der Waals surface area contributed by atoms with Crippen molar-refractivity contribution in [2.75, 3.05) is 19.7 Å². The zero-order valence-electron chi connectivity index (χ0n) is 11.6. The maximum absolute atomic E-state index is 6.07. The van der Waals surface area contributed by atoms with Crippen molar-refractivity contribution in [2.45, 2.75) is 45.3 Å². The van der Waals surface area contributed by atoms with Crippen molar-refractivity contribution in [3.63, 3.8) is 0 Å². The summed E-state index contributed by atoms with van der Waals surface area (Å²) in [4.78, 5) is 0. The van der Waals surface area contributed by atoms with Crippen LogP contribution in [0.15, 0.2) is 11.4 Å². The molecular weight excluding hydrogens is 231 g/mol. The third-order valence-electron chi connectivity index (χ3n) is 4.28. The minimum absolute atomic E-state index is 0.298. The third kappa shape index (κ3) is 1.74. The second-order valence-electron chi connectivity index (χ2n) is 6.11. The van der Waals surface area contributed by atoms with E-state index in [-0.39, 0.29) is 18.3 Å². The Morgan fingerprint density at radius 2 is 1.83 bits per heavy atom. The van der Waals surface area contributed by atoms with Gasteiger partial charge < -0.3 is 14.0 Å². The lowest BCUT2D eigenvalue weighted by Gasteiger charge is -2.32. The van der Waals surface area contributed by atoms with E-state index in [2.05, 4.69) is 38.1 Å². The van der Waals surface area contributed by atoms with Crippen LogP contribution in [0, 0.1) is 0 Å². The van der Waals surface area contributed by atoms with E-state index in [0.29, 0.717) is 0 Å². The molecule has 5 nitrogen and oxygen atoms in total. The molecule has 3 aliphatic heterocycles. The lowest BCUT2D eigenvalue weighted by Crippen LogP contribution is -2.41. The molecule has 0 atom stereocenters. The summed E-state index contributed by atoms with van der Waals surface area (Å²) in [5.74, 6) is 0.903. The summed E-state index contributed by atoms with van der Waals surface area (Å²) < 4.78 is 17.9. The van der Waals surface area contributed by atoms with Crippen molar-refractivity contribution < 1.29 is 14.0 Å². The van der Waals surface area contributed by atoms with E-state index < -0.39 is 0 Å². The Kier molecular flexibility index (Phi) is 2.66. The van der Waals surface area contributed by atoms with Gasteiger partial charge >= 0.3 is 7.12 Å². The second kappa shape index (κ2) is 3.89. The molecule has 0 amide bonds. The lowest BCUT2D eigenvalue weighted by atomic mass is 9.78. The van der Waals surface area contributed by atoms with E-state index in [1.54, 1.807) is 0 Å². The fourth-order valence-electron chi connectivity index (χ4n) is 2.41. The molecule has 0 radical (unpaired) electrons. The molecule has 0 unspecified atom stereocenters. The average molecular weight is 252 g/mol. The number of hydrogen-bond donors (Lipinski definition) is 1. The van der Waals surface area contributed by atoms with Crippen LogP contribution in [-0.4, -0.2) is 43.0 Å². The van der Waals surface area contributed by atoms with Gasteiger partial charge in [-0.25, -0.2) is 5.43 Å². The number of fused-ring (bicyclic) bond motifs is 1. The molecule has 18 heavy (non-hydrogen) atoms. The second-order valence-corrected chi connectivity index (χ2v) is 6.11. The van der Waals surface area contributed by atoms with E-state index in [1.807, 2.05) is 0 Å². The molecule has 0 saturated carbocycles. The molecule has 3 rings (SSSR count). The van der Waals surface area contributed by atoms with Crippen LogP contribution in [-0.2, 0) is 14.0 Å². The highest BCUT2D eigenvalue weighted by Gasteiger charge is 2.54. The van der Waals surface area contributed by atoms with E-state index in [1.165, 1.54) is 0 Å². The monoisotopic (exact) mass is 252 g/mol. The number of nitrogens with zero attached hydrogens (tertiary/aromatic N) is 1. The summed E-state index contributed by atoms with van der Waals surface area (Å²) in [6.07, 6.45) is 1.05. The summed E-state index contributed by atoms with van der Waals surface area (Å²) in [6, 6.07) is 0. The van der Waals surface area contributed by atoms with Crippen LogP contribution in [0.2, 0.25) is 0 Å². The fraction of sp³-hybridized carbons (Fsp3) is 0.833. The maximum atomic E-state index is 6.07. The summed E-state index contributed by atoms with van der Waals surface area (Å²) in [7, 11) is -0.305. The Hall–Kier alpha value is -0.715. The molecule has 0 aliphatic carbocycles. The quantitative estimate of drug-likeness (QED) is 0.707. The first-order valence-corrected chi connectivity index (χ1v) is 6.63. The minimum Gasteiger partial charge on any atom is -0.479 e. The standard InChI is InChI=1S/C12H21BN2O3/c1-11(2)12(3,4)18-13(17-11)9-8-14-15-6-5-7-16-10(9)15/h14H,5-8H2,1-4H3. The molecule has 0 aromatic carbocycles. The first-order chi connectivity index (χ1) is 8.41. The summed E-state index contributed by atoms with van der Waals surface area (Å²) in [6.45, 7) is 10.8. The van der Waals surface area contributed by atoms with Gasteiger partial charge in [0.25, 0.3) is 0 Å². The van der Waals surface area contributed by atoms with Gasteiger partial charge in [-0.1, -0.05) is 0 Å². The van der Waals surface area contributed by atoms with Crippen LogP contribution in [0.5, 0.6) is 0 Å². The Morgan fingerprint density at radius 3 is 2.50 bits per heavy atom. The van der Waals surface area contributed by atoms with Gasteiger partial charge in [0.1, 0.15) is 0 Å². The molecule has 0 aromatic heterocycles. The first-order valence-electron chi connectivity index (χ1n) is 6.63. The van der Waals surface area contributed by atoms with Crippen molar-refractivity contribution in [3.8, 4) is 0 Å².